The first-order valence-corrected chi connectivity index (χ1v) is 10.5. The highest BCUT2D eigenvalue weighted by atomic mass is 32.2. The van der Waals surface area contributed by atoms with Crippen molar-refractivity contribution in [1.82, 2.24) is 14.8 Å². The van der Waals surface area contributed by atoms with Gasteiger partial charge >= 0.3 is 0 Å². The first kappa shape index (κ1) is 17.3. The zero-order valence-electron chi connectivity index (χ0n) is 15.3. The number of hydrogen-bond acceptors (Lipinski definition) is 3. The Kier molecular flexibility index (Phi) is 5.40. The van der Waals surface area contributed by atoms with Crippen LogP contribution in [-0.2, 0) is 5.75 Å². The predicted octanol–water partition coefficient (Wildman–Crippen LogP) is 6.05. The number of aryl methyl sites for hydroxylation is 1. The van der Waals surface area contributed by atoms with E-state index in [0.717, 1.165) is 16.7 Å². The topological polar surface area (TPSA) is 30.7 Å². The number of rotatable bonds is 5. The third-order valence-electron chi connectivity index (χ3n) is 5.20. The smallest absolute Gasteiger partial charge is 0.192 e. The van der Waals surface area contributed by atoms with Crippen molar-refractivity contribution in [1.29, 1.82) is 0 Å². The van der Waals surface area contributed by atoms with Crippen LogP contribution in [0.4, 0.5) is 0 Å². The van der Waals surface area contributed by atoms with Crippen LogP contribution in [0.2, 0.25) is 0 Å². The molecule has 2 aromatic carbocycles. The fraction of sp³-hybridized carbons (Fsp3) is 0.364. The normalized spacial score (nSPS) is 15.3. The SMILES string of the molecule is Cc1ccccc1-c1nnc(SCc2ccccc2)n1C1CCCCC1. The minimum absolute atomic E-state index is 0.520. The van der Waals surface area contributed by atoms with Crippen molar-refractivity contribution in [3.8, 4) is 11.4 Å². The van der Waals surface area contributed by atoms with Gasteiger partial charge in [-0.15, -0.1) is 10.2 Å². The summed E-state index contributed by atoms with van der Waals surface area (Å²) in [5, 5.41) is 10.3. The zero-order chi connectivity index (χ0) is 17.8. The van der Waals surface area contributed by atoms with Crippen LogP contribution >= 0.6 is 11.8 Å². The molecule has 0 saturated heterocycles. The van der Waals surface area contributed by atoms with E-state index in [2.05, 4.69) is 76.3 Å². The third-order valence-corrected chi connectivity index (χ3v) is 6.22. The summed E-state index contributed by atoms with van der Waals surface area (Å²) in [6.45, 7) is 2.16. The standard InChI is InChI=1S/C22H25N3S/c1-17-10-8-9-15-20(17)21-23-24-22(25(21)19-13-6-3-7-14-19)26-16-18-11-4-2-5-12-18/h2,4-5,8-12,15,19H,3,6-7,13-14,16H2,1H3. The van der Waals surface area contributed by atoms with Crippen molar-refractivity contribution in [2.24, 2.45) is 0 Å². The second-order valence-corrected chi connectivity index (χ2v) is 8.00. The number of thioether (sulfide) groups is 1. The van der Waals surface area contributed by atoms with Crippen molar-refractivity contribution in [3.63, 3.8) is 0 Å². The van der Waals surface area contributed by atoms with Crippen LogP contribution in [0.5, 0.6) is 0 Å². The molecule has 1 heterocycles. The van der Waals surface area contributed by atoms with Crippen LogP contribution in [0.25, 0.3) is 11.4 Å². The van der Waals surface area contributed by atoms with Gasteiger partial charge in [-0.2, -0.15) is 0 Å². The Morgan fingerprint density at radius 1 is 0.923 bits per heavy atom. The molecule has 0 bridgehead atoms. The summed E-state index contributed by atoms with van der Waals surface area (Å²) in [5.41, 5.74) is 3.79. The van der Waals surface area contributed by atoms with Crippen LogP contribution < -0.4 is 0 Å². The van der Waals surface area contributed by atoms with E-state index in [4.69, 9.17) is 0 Å². The molecule has 134 valence electrons. The Bertz CT molecular complexity index is 851. The molecule has 0 radical (unpaired) electrons. The molecular weight excluding hydrogens is 338 g/mol. The molecular formula is C22H25N3S. The third kappa shape index (κ3) is 3.70. The van der Waals surface area contributed by atoms with E-state index >= 15 is 0 Å². The molecule has 1 saturated carbocycles. The van der Waals surface area contributed by atoms with E-state index in [0.29, 0.717) is 6.04 Å². The highest BCUT2D eigenvalue weighted by Crippen LogP contribution is 2.36. The van der Waals surface area contributed by atoms with Crippen molar-refractivity contribution in [3.05, 3.63) is 65.7 Å². The fourth-order valence-corrected chi connectivity index (χ4v) is 4.73. The molecule has 0 aliphatic heterocycles. The maximum atomic E-state index is 4.63. The van der Waals surface area contributed by atoms with Gasteiger partial charge in [0, 0.05) is 17.4 Å². The Morgan fingerprint density at radius 2 is 1.65 bits per heavy atom. The van der Waals surface area contributed by atoms with E-state index < -0.39 is 0 Å². The summed E-state index contributed by atoms with van der Waals surface area (Å²) in [6.07, 6.45) is 6.42. The minimum atomic E-state index is 0.520. The van der Waals surface area contributed by atoms with Gasteiger partial charge in [-0.1, -0.05) is 85.6 Å². The highest BCUT2D eigenvalue weighted by molar-refractivity contribution is 7.98. The van der Waals surface area contributed by atoms with E-state index in [1.807, 2.05) is 0 Å². The first-order valence-electron chi connectivity index (χ1n) is 9.50. The first-order chi connectivity index (χ1) is 12.8. The molecule has 1 aliphatic rings. The molecule has 3 aromatic rings. The second kappa shape index (κ2) is 8.09. The Balaban J connectivity index is 1.68. The van der Waals surface area contributed by atoms with Crippen LogP contribution in [-0.4, -0.2) is 14.8 Å². The van der Waals surface area contributed by atoms with E-state index in [-0.39, 0.29) is 0 Å². The molecule has 1 aromatic heterocycles. The number of hydrogen-bond donors (Lipinski definition) is 0. The summed E-state index contributed by atoms with van der Waals surface area (Å²) in [7, 11) is 0. The van der Waals surface area contributed by atoms with Gasteiger partial charge in [0.05, 0.1) is 0 Å². The van der Waals surface area contributed by atoms with Crippen LogP contribution in [0, 0.1) is 6.92 Å². The zero-order valence-corrected chi connectivity index (χ0v) is 16.1. The maximum absolute atomic E-state index is 4.63. The summed E-state index contributed by atoms with van der Waals surface area (Å²) in [5.74, 6) is 1.96. The lowest BCUT2D eigenvalue weighted by molar-refractivity contribution is 0.339. The Morgan fingerprint density at radius 3 is 2.42 bits per heavy atom. The number of aromatic nitrogens is 3. The van der Waals surface area contributed by atoms with Crippen molar-refractivity contribution >= 4 is 11.8 Å². The molecule has 1 fully saturated rings. The van der Waals surface area contributed by atoms with Gasteiger partial charge in [-0.05, 0) is 30.9 Å². The Labute approximate surface area is 159 Å². The summed E-state index contributed by atoms with van der Waals surface area (Å²) in [6, 6.07) is 19.6. The largest absolute Gasteiger partial charge is 0.299 e. The van der Waals surface area contributed by atoms with Crippen LogP contribution in [0.3, 0.4) is 0 Å². The molecule has 1 aliphatic carbocycles. The minimum Gasteiger partial charge on any atom is -0.299 e. The summed E-state index contributed by atoms with van der Waals surface area (Å²) in [4.78, 5) is 0. The molecule has 3 nitrogen and oxygen atoms in total. The quantitative estimate of drug-likeness (QED) is 0.517. The molecule has 26 heavy (non-hydrogen) atoms. The fourth-order valence-electron chi connectivity index (χ4n) is 3.77. The molecule has 0 spiro atoms. The lowest BCUT2D eigenvalue weighted by Crippen LogP contribution is -2.15. The highest BCUT2D eigenvalue weighted by Gasteiger charge is 2.24. The lowest BCUT2D eigenvalue weighted by Gasteiger charge is -2.26. The van der Waals surface area contributed by atoms with Gasteiger partial charge in [0.15, 0.2) is 11.0 Å². The summed E-state index contributed by atoms with van der Waals surface area (Å²) < 4.78 is 2.43. The van der Waals surface area contributed by atoms with Gasteiger partial charge in [-0.25, -0.2) is 0 Å². The average Bonchev–Trinajstić information content (AvgIpc) is 3.12. The van der Waals surface area contributed by atoms with E-state index in [1.54, 1.807) is 11.8 Å². The Hall–Kier alpha value is -2.07. The van der Waals surface area contributed by atoms with Crippen molar-refractivity contribution < 1.29 is 0 Å². The molecule has 4 rings (SSSR count). The summed E-state index contributed by atoms with van der Waals surface area (Å²) >= 11 is 1.80. The van der Waals surface area contributed by atoms with Gasteiger partial charge in [0.1, 0.15) is 0 Å². The van der Waals surface area contributed by atoms with Crippen molar-refractivity contribution in [2.75, 3.05) is 0 Å². The molecule has 0 unspecified atom stereocenters. The average molecular weight is 364 g/mol. The predicted molar refractivity (Wildman–Crippen MR) is 108 cm³/mol. The van der Waals surface area contributed by atoms with Gasteiger partial charge in [0.2, 0.25) is 0 Å². The van der Waals surface area contributed by atoms with Crippen LogP contribution in [0.15, 0.2) is 59.8 Å². The molecule has 0 N–H and O–H groups in total. The molecule has 0 atom stereocenters. The molecule has 0 amide bonds. The monoisotopic (exact) mass is 363 g/mol. The van der Waals surface area contributed by atoms with Crippen LogP contribution in [0.1, 0.15) is 49.3 Å². The van der Waals surface area contributed by atoms with Gasteiger partial charge in [0.25, 0.3) is 0 Å². The van der Waals surface area contributed by atoms with E-state index in [1.165, 1.54) is 48.8 Å². The second-order valence-electron chi connectivity index (χ2n) is 7.06. The lowest BCUT2D eigenvalue weighted by atomic mass is 9.95. The van der Waals surface area contributed by atoms with Gasteiger partial charge < -0.3 is 0 Å². The van der Waals surface area contributed by atoms with E-state index in [9.17, 15) is 0 Å². The van der Waals surface area contributed by atoms with Crippen molar-refractivity contribution in [2.45, 2.75) is 56.0 Å². The number of nitrogens with zero attached hydrogens (tertiary/aromatic N) is 3. The molecule has 4 heteroatoms. The number of benzene rings is 2. The van der Waals surface area contributed by atoms with Gasteiger partial charge in [-0.3, -0.25) is 4.57 Å². The maximum Gasteiger partial charge on any atom is 0.192 e.